The Morgan fingerprint density at radius 2 is 1.62 bits per heavy atom. The Bertz CT molecular complexity index is 187. The number of hydrogen-bond donors (Lipinski definition) is 1. The molecule has 0 aromatic carbocycles. The maximum atomic E-state index is 11.1. The van der Waals surface area contributed by atoms with E-state index < -0.39 is 5.97 Å². The summed E-state index contributed by atoms with van der Waals surface area (Å²) in [6, 6.07) is 0. The van der Waals surface area contributed by atoms with Crippen molar-refractivity contribution in [2.45, 2.75) is 66.2 Å². The summed E-state index contributed by atoms with van der Waals surface area (Å²) < 4.78 is 0. The van der Waals surface area contributed by atoms with E-state index in [1.807, 2.05) is 13.8 Å². The van der Waals surface area contributed by atoms with Crippen molar-refractivity contribution in [2.75, 3.05) is 0 Å². The van der Waals surface area contributed by atoms with Crippen molar-refractivity contribution in [3.05, 3.63) is 0 Å². The molecule has 0 rings (SSSR count). The van der Waals surface area contributed by atoms with Crippen molar-refractivity contribution >= 4 is 5.97 Å². The first kappa shape index (κ1) is 15.5. The van der Waals surface area contributed by atoms with E-state index in [2.05, 4.69) is 13.8 Å². The molecule has 0 saturated heterocycles. The van der Waals surface area contributed by atoms with Crippen LogP contribution in [0.1, 0.15) is 66.2 Å². The van der Waals surface area contributed by atoms with E-state index in [1.165, 1.54) is 32.1 Å². The largest absolute Gasteiger partial charge is 0.481 e. The molecule has 0 heterocycles. The van der Waals surface area contributed by atoms with Crippen LogP contribution in [0.4, 0.5) is 0 Å². The van der Waals surface area contributed by atoms with Gasteiger partial charge in [-0.05, 0) is 18.3 Å². The van der Waals surface area contributed by atoms with Gasteiger partial charge in [0.1, 0.15) is 0 Å². The molecule has 0 aliphatic heterocycles. The van der Waals surface area contributed by atoms with Crippen LogP contribution >= 0.6 is 0 Å². The van der Waals surface area contributed by atoms with Gasteiger partial charge in [-0.15, -0.1) is 0 Å². The molecule has 0 spiro atoms. The second-order valence-corrected chi connectivity index (χ2v) is 5.29. The zero-order valence-corrected chi connectivity index (χ0v) is 11.3. The molecule has 0 aromatic rings. The highest BCUT2D eigenvalue weighted by Gasteiger charge is 2.27. The Kier molecular flexibility index (Phi) is 8.32. The van der Waals surface area contributed by atoms with Crippen LogP contribution in [0.2, 0.25) is 0 Å². The standard InChI is InChI=1S/C14H28O2/c1-5-6-7-8-9-10-12(4)13(11(2)3)14(15)16/h11-13H,5-10H2,1-4H3,(H,15,16). The summed E-state index contributed by atoms with van der Waals surface area (Å²) in [6.07, 6.45) is 7.35. The fraction of sp³-hybridized carbons (Fsp3) is 0.929. The lowest BCUT2D eigenvalue weighted by molar-refractivity contribution is -0.145. The minimum Gasteiger partial charge on any atom is -0.481 e. The first-order valence-corrected chi connectivity index (χ1v) is 6.73. The van der Waals surface area contributed by atoms with Gasteiger partial charge in [-0.1, -0.05) is 59.8 Å². The normalized spacial score (nSPS) is 15.1. The molecular formula is C14H28O2. The van der Waals surface area contributed by atoms with Gasteiger partial charge in [0.05, 0.1) is 5.92 Å². The molecule has 2 heteroatoms. The third-order valence-corrected chi connectivity index (χ3v) is 3.38. The van der Waals surface area contributed by atoms with Crippen LogP contribution in [0.15, 0.2) is 0 Å². The molecule has 16 heavy (non-hydrogen) atoms. The molecule has 2 nitrogen and oxygen atoms in total. The Morgan fingerprint density at radius 1 is 1.06 bits per heavy atom. The van der Waals surface area contributed by atoms with Gasteiger partial charge in [0.15, 0.2) is 0 Å². The lowest BCUT2D eigenvalue weighted by Crippen LogP contribution is -2.26. The van der Waals surface area contributed by atoms with Gasteiger partial charge < -0.3 is 5.11 Å². The summed E-state index contributed by atoms with van der Waals surface area (Å²) >= 11 is 0. The van der Waals surface area contributed by atoms with E-state index in [0.29, 0.717) is 5.92 Å². The molecule has 0 aliphatic carbocycles. The lowest BCUT2D eigenvalue weighted by atomic mass is 9.81. The van der Waals surface area contributed by atoms with Crippen LogP contribution in [-0.2, 0) is 4.79 Å². The molecule has 0 amide bonds. The fourth-order valence-electron chi connectivity index (χ4n) is 2.44. The second kappa shape index (κ2) is 8.60. The van der Waals surface area contributed by atoms with E-state index in [1.54, 1.807) is 0 Å². The Balaban J connectivity index is 3.84. The summed E-state index contributed by atoms with van der Waals surface area (Å²) in [4.78, 5) is 11.1. The summed E-state index contributed by atoms with van der Waals surface area (Å²) in [5, 5.41) is 9.15. The highest BCUT2D eigenvalue weighted by molar-refractivity contribution is 5.70. The Hall–Kier alpha value is -0.530. The molecule has 0 fully saturated rings. The second-order valence-electron chi connectivity index (χ2n) is 5.29. The number of carboxylic acids is 1. The monoisotopic (exact) mass is 228 g/mol. The van der Waals surface area contributed by atoms with Crippen LogP contribution in [0, 0.1) is 17.8 Å². The molecule has 0 bridgehead atoms. The van der Waals surface area contributed by atoms with Crippen molar-refractivity contribution in [1.82, 2.24) is 0 Å². The van der Waals surface area contributed by atoms with Gasteiger partial charge in [0.25, 0.3) is 0 Å². The van der Waals surface area contributed by atoms with E-state index in [9.17, 15) is 4.79 Å². The van der Waals surface area contributed by atoms with E-state index in [4.69, 9.17) is 5.11 Å². The number of carbonyl (C=O) groups is 1. The SMILES string of the molecule is CCCCCCCC(C)C(C(=O)O)C(C)C. The number of rotatable bonds is 9. The van der Waals surface area contributed by atoms with Gasteiger partial charge in [-0.3, -0.25) is 4.79 Å². The zero-order valence-electron chi connectivity index (χ0n) is 11.3. The smallest absolute Gasteiger partial charge is 0.307 e. The topological polar surface area (TPSA) is 37.3 Å². The number of aliphatic carboxylic acids is 1. The van der Waals surface area contributed by atoms with Crippen LogP contribution in [0.3, 0.4) is 0 Å². The lowest BCUT2D eigenvalue weighted by Gasteiger charge is -2.23. The van der Waals surface area contributed by atoms with E-state index in [0.717, 1.165) is 6.42 Å². The fourth-order valence-corrected chi connectivity index (χ4v) is 2.44. The van der Waals surface area contributed by atoms with Crippen LogP contribution < -0.4 is 0 Å². The number of unbranched alkanes of at least 4 members (excludes halogenated alkanes) is 4. The molecule has 96 valence electrons. The minimum absolute atomic E-state index is 0.175. The molecule has 0 radical (unpaired) electrons. The molecule has 0 aliphatic rings. The maximum absolute atomic E-state index is 11.1. The van der Waals surface area contributed by atoms with Gasteiger partial charge in [-0.25, -0.2) is 0 Å². The van der Waals surface area contributed by atoms with Crippen molar-refractivity contribution in [3.63, 3.8) is 0 Å². The Morgan fingerprint density at radius 3 is 2.06 bits per heavy atom. The predicted molar refractivity (Wildman–Crippen MR) is 68.5 cm³/mol. The van der Waals surface area contributed by atoms with Crippen molar-refractivity contribution in [3.8, 4) is 0 Å². The van der Waals surface area contributed by atoms with Crippen LogP contribution in [0.25, 0.3) is 0 Å². The first-order valence-electron chi connectivity index (χ1n) is 6.73. The first-order chi connectivity index (χ1) is 7.50. The number of carboxylic acid groups (broad SMARTS) is 1. The summed E-state index contributed by atoms with van der Waals surface area (Å²) in [5.41, 5.74) is 0. The van der Waals surface area contributed by atoms with Gasteiger partial charge in [0.2, 0.25) is 0 Å². The van der Waals surface area contributed by atoms with Crippen LogP contribution in [0.5, 0.6) is 0 Å². The van der Waals surface area contributed by atoms with Gasteiger partial charge >= 0.3 is 5.97 Å². The highest BCUT2D eigenvalue weighted by atomic mass is 16.4. The summed E-state index contributed by atoms with van der Waals surface area (Å²) in [7, 11) is 0. The van der Waals surface area contributed by atoms with Gasteiger partial charge in [-0.2, -0.15) is 0 Å². The molecule has 1 N–H and O–H groups in total. The predicted octanol–water partition coefficient (Wildman–Crippen LogP) is 4.34. The zero-order chi connectivity index (χ0) is 12.6. The maximum Gasteiger partial charge on any atom is 0.307 e. The average molecular weight is 228 g/mol. The quantitative estimate of drug-likeness (QED) is 0.596. The van der Waals surface area contributed by atoms with Crippen molar-refractivity contribution in [1.29, 1.82) is 0 Å². The van der Waals surface area contributed by atoms with E-state index >= 15 is 0 Å². The average Bonchev–Trinajstić information content (AvgIpc) is 2.16. The highest BCUT2D eigenvalue weighted by Crippen LogP contribution is 2.25. The third-order valence-electron chi connectivity index (χ3n) is 3.38. The summed E-state index contributed by atoms with van der Waals surface area (Å²) in [6.45, 7) is 8.30. The molecule has 0 saturated carbocycles. The number of hydrogen-bond acceptors (Lipinski definition) is 1. The molecule has 2 unspecified atom stereocenters. The third kappa shape index (κ3) is 6.14. The minimum atomic E-state index is -0.629. The van der Waals surface area contributed by atoms with Crippen molar-refractivity contribution in [2.24, 2.45) is 17.8 Å². The van der Waals surface area contributed by atoms with Crippen LogP contribution in [-0.4, -0.2) is 11.1 Å². The van der Waals surface area contributed by atoms with Crippen molar-refractivity contribution < 1.29 is 9.90 Å². The summed E-state index contributed by atoms with van der Waals surface area (Å²) in [5.74, 6) is -0.260. The van der Waals surface area contributed by atoms with Gasteiger partial charge in [0, 0.05) is 0 Å². The van der Waals surface area contributed by atoms with E-state index in [-0.39, 0.29) is 11.8 Å². The molecular weight excluding hydrogens is 200 g/mol. The molecule has 0 aromatic heterocycles. The Labute approximate surface area is 100 Å². The molecule has 2 atom stereocenters.